The fraction of sp³-hybridized carbons (Fsp3) is 0.219. The molecule has 0 radical (unpaired) electrons. The van der Waals surface area contributed by atoms with Crippen molar-refractivity contribution in [3.8, 4) is 39.5 Å². The third-order valence-corrected chi connectivity index (χ3v) is 7.81. The second-order valence-corrected chi connectivity index (χ2v) is 10.8. The fourth-order valence-electron chi connectivity index (χ4n) is 4.71. The smallest absolute Gasteiger partial charge is 0.255 e. The first-order valence-electron chi connectivity index (χ1n) is 12.9. The summed E-state index contributed by atoms with van der Waals surface area (Å²) < 4.78 is 19.4. The van der Waals surface area contributed by atoms with Crippen molar-refractivity contribution >= 4 is 34.5 Å². The van der Waals surface area contributed by atoms with Crippen LogP contribution in [0.15, 0.2) is 91.0 Å². The lowest BCUT2D eigenvalue weighted by molar-refractivity contribution is 0.102. The Bertz CT molecular complexity index is 1430. The van der Waals surface area contributed by atoms with E-state index in [1.54, 1.807) is 20.3 Å². The highest BCUT2D eigenvalue weighted by atomic mass is 127. The molecule has 0 aliphatic carbocycles. The number of rotatable bonds is 8. The van der Waals surface area contributed by atoms with E-state index < -0.39 is 0 Å². The highest BCUT2D eigenvalue weighted by molar-refractivity contribution is 14.1. The van der Waals surface area contributed by atoms with Crippen LogP contribution < -0.4 is 19.5 Å². The van der Waals surface area contributed by atoms with Gasteiger partial charge in [0.25, 0.3) is 5.91 Å². The van der Waals surface area contributed by atoms with Crippen molar-refractivity contribution in [3.05, 3.63) is 96.6 Å². The van der Waals surface area contributed by atoms with E-state index in [9.17, 15) is 4.79 Å². The Morgan fingerprint density at radius 1 is 0.795 bits per heavy atom. The first-order chi connectivity index (χ1) is 19.0. The molecule has 0 atom stereocenters. The molecule has 6 nitrogen and oxygen atoms in total. The Labute approximate surface area is 243 Å². The van der Waals surface area contributed by atoms with Crippen LogP contribution in [0.3, 0.4) is 0 Å². The Morgan fingerprint density at radius 2 is 1.54 bits per heavy atom. The standard InChI is InChI=1S/C32H31IN2O4/c1-37-29-8-4-6-24(20-29)30-21-25(11-14-31(30)38-2)32(36)34-26-7-3-5-23(19-26)22-9-12-27(13-10-22)39-28-15-17-35(33)18-16-28/h3-14,19-21,28H,15-18H2,1-2H3,(H,34,36). The van der Waals surface area contributed by atoms with Crippen LogP contribution >= 0.6 is 22.9 Å². The first kappa shape index (κ1) is 27.0. The third kappa shape index (κ3) is 6.72. The Kier molecular flexibility index (Phi) is 8.68. The molecular weight excluding hydrogens is 603 g/mol. The lowest BCUT2D eigenvalue weighted by Gasteiger charge is -2.28. The summed E-state index contributed by atoms with van der Waals surface area (Å²) >= 11 is 2.37. The molecule has 0 unspecified atom stereocenters. The van der Waals surface area contributed by atoms with Crippen molar-refractivity contribution in [1.29, 1.82) is 0 Å². The van der Waals surface area contributed by atoms with Gasteiger partial charge in [-0.1, -0.05) is 36.4 Å². The van der Waals surface area contributed by atoms with Gasteiger partial charge in [-0.05, 0) is 84.1 Å². The van der Waals surface area contributed by atoms with Crippen LogP contribution in [0.25, 0.3) is 22.3 Å². The highest BCUT2D eigenvalue weighted by Crippen LogP contribution is 2.33. The summed E-state index contributed by atoms with van der Waals surface area (Å²) in [7, 11) is 3.25. The van der Waals surface area contributed by atoms with E-state index >= 15 is 0 Å². The molecule has 39 heavy (non-hydrogen) atoms. The van der Waals surface area contributed by atoms with Gasteiger partial charge >= 0.3 is 0 Å². The molecule has 1 N–H and O–H groups in total. The Balaban J connectivity index is 1.30. The van der Waals surface area contributed by atoms with Gasteiger partial charge in [0.15, 0.2) is 0 Å². The molecule has 7 heteroatoms. The number of anilines is 1. The molecule has 0 spiro atoms. The lowest BCUT2D eigenvalue weighted by Crippen LogP contribution is -2.32. The minimum Gasteiger partial charge on any atom is -0.497 e. The van der Waals surface area contributed by atoms with E-state index in [1.807, 2.05) is 72.8 Å². The van der Waals surface area contributed by atoms with Crippen LogP contribution in [-0.2, 0) is 0 Å². The SMILES string of the molecule is COc1cccc(-c2cc(C(=O)Nc3cccc(-c4ccc(OC5CCN(I)CC5)cc4)c3)ccc2OC)c1. The second-order valence-electron chi connectivity index (χ2n) is 9.43. The lowest BCUT2D eigenvalue weighted by atomic mass is 10.0. The molecule has 0 aromatic heterocycles. The summed E-state index contributed by atoms with van der Waals surface area (Å²) in [6.07, 6.45) is 2.35. The molecule has 0 saturated carbocycles. The Hall–Kier alpha value is -3.56. The second kappa shape index (κ2) is 12.5. The van der Waals surface area contributed by atoms with E-state index in [4.69, 9.17) is 14.2 Å². The first-order valence-corrected chi connectivity index (χ1v) is 13.9. The van der Waals surface area contributed by atoms with Gasteiger partial charge in [0.05, 0.1) is 14.2 Å². The molecule has 4 aromatic carbocycles. The number of halogens is 1. The van der Waals surface area contributed by atoms with Gasteiger partial charge in [-0.3, -0.25) is 4.79 Å². The molecule has 200 valence electrons. The molecule has 1 aliphatic rings. The maximum absolute atomic E-state index is 13.2. The number of nitrogens with zero attached hydrogens (tertiary/aromatic N) is 1. The monoisotopic (exact) mass is 634 g/mol. The average molecular weight is 635 g/mol. The van der Waals surface area contributed by atoms with Crippen molar-refractivity contribution in [2.24, 2.45) is 0 Å². The summed E-state index contributed by atoms with van der Waals surface area (Å²) in [6.45, 7) is 2.11. The predicted octanol–water partition coefficient (Wildman–Crippen LogP) is 7.48. The number of nitrogens with one attached hydrogen (secondary N) is 1. The normalized spacial score (nSPS) is 14.0. The van der Waals surface area contributed by atoms with Crippen LogP contribution in [0.2, 0.25) is 0 Å². The molecule has 0 bridgehead atoms. The number of benzene rings is 4. The van der Waals surface area contributed by atoms with Gasteiger partial charge in [-0.15, -0.1) is 0 Å². The van der Waals surface area contributed by atoms with E-state index in [0.717, 1.165) is 65.4 Å². The van der Waals surface area contributed by atoms with Crippen molar-refractivity contribution in [2.75, 3.05) is 32.6 Å². The van der Waals surface area contributed by atoms with Crippen LogP contribution in [0, 0.1) is 0 Å². The average Bonchev–Trinajstić information content (AvgIpc) is 2.98. The van der Waals surface area contributed by atoms with Gasteiger partial charge < -0.3 is 19.5 Å². The number of hydrogen-bond acceptors (Lipinski definition) is 5. The van der Waals surface area contributed by atoms with Gasteiger partial charge in [-0.2, -0.15) is 0 Å². The minimum absolute atomic E-state index is 0.194. The molecule has 1 saturated heterocycles. The zero-order chi connectivity index (χ0) is 27.2. The van der Waals surface area contributed by atoms with E-state index in [2.05, 4.69) is 43.4 Å². The van der Waals surface area contributed by atoms with Gasteiger partial charge in [0.2, 0.25) is 0 Å². The van der Waals surface area contributed by atoms with Crippen LogP contribution in [-0.4, -0.2) is 42.4 Å². The van der Waals surface area contributed by atoms with Gasteiger partial charge in [0.1, 0.15) is 23.4 Å². The number of hydrogen-bond donors (Lipinski definition) is 1. The van der Waals surface area contributed by atoms with Gasteiger partial charge in [0, 0.05) is 52.8 Å². The number of ether oxygens (including phenoxy) is 3. The summed E-state index contributed by atoms with van der Waals surface area (Å²) in [4.78, 5) is 13.2. The van der Waals surface area contributed by atoms with Crippen molar-refractivity contribution in [1.82, 2.24) is 3.11 Å². The zero-order valence-corrected chi connectivity index (χ0v) is 24.2. The van der Waals surface area contributed by atoms with Gasteiger partial charge in [-0.25, -0.2) is 3.11 Å². The van der Waals surface area contributed by atoms with E-state index in [0.29, 0.717) is 11.3 Å². The maximum Gasteiger partial charge on any atom is 0.255 e. The molecule has 5 rings (SSSR count). The summed E-state index contributed by atoms with van der Waals surface area (Å²) in [5.74, 6) is 2.12. The highest BCUT2D eigenvalue weighted by Gasteiger charge is 2.19. The Morgan fingerprint density at radius 3 is 2.28 bits per heavy atom. The largest absolute Gasteiger partial charge is 0.497 e. The quantitative estimate of drug-likeness (QED) is 0.161. The zero-order valence-electron chi connectivity index (χ0n) is 22.0. The van der Waals surface area contributed by atoms with Crippen molar-refractivity contribution < 1.29 is 19.0 Å². The summed E-state index contributed by atoms with van der Waals surface area (Å²) in [5.41, 5.74) is 5.07. The summed E-state index contributed by atoms with van der Waals surface area (Å²) in [5, 5.41) is 3.04. The van der Waals surface area contributed by atoms with E-state index in [1.165, 1.54) is 0 Å². The maximum atomic E-state index is 13.2. The molecular formula is C32H31IN2O4. The number of piperidine rings is 1. The van der Waals surface area contributed by atoms with Crippen molar-refractivity contribution in [2.45, 2.75) is 18.9 Å². The van der Waals surface area contributed by atoms with Crippen molar-refractivity contribution in [3.63, 3.8) is 0 Å². The number of carbonyl (C=O) groups is 1. The molecule has 1 fully saturated rings. The third-order valence-electron chi connectivity index (χ3n) is 6.84. The van der Waals surface area contributed by atoms with Crippen LogP contribution in [0.1, 0.15) is 23.2 Å². The fourth-order valence-corrected chi connectivity index (χ4v) is 5.26. The predicted molar refractivity (Wildman–Crippen MR) is 164 cm³/mol. The van der Waals surface area contributed by atoms with E-state index in [-0.39, 0.29) is 12.0 Å². The number of methoxy groups -OCH3 is 2. The number of carbonyl (C=O) groups excluding carboxylic acids is 1. The molecule has 1 aliphatic heterocycles. The minimum atomic E-state index is -0.194. The molecule has 1 heterocycles. The topological polar surface area (TPSA) is 60.0 Å². The summed E-state index contributed by atoms with van der Waals surface area (Å²) in [6, 6.07) is 29.1. The molecule has 1 amide bonds. The number of amides is 1. The van der Waals surface area contributed by atoms with Crippen LogP contribution in [0.4, 0.5) is 5.69 Å². The molecule has 4 aromatic rings. The van der Waals surface area contributed by atoms with Crippen LogP contribution in [0.5, 0.6) is 17.2 Å².